The first kappa shape index (κ1) is 21.6. The third kappa shape index (κ3) is 4.12. The lowest BCUT2D eigenvalue weighted by Crippen LogP contribution is -2.52. The van der Waals surface area contributed by atoms with Gasteiger partial charge < -0.3 is 5.11 Å². The van der Waals surface area contributed by atoms with Crippen molar-refractivity contribution in [2.24, 2.45) is 40.4 Å². The fourth-order valence-electron chi connectivity index (χ4n) is 8.01. The van der Waals surface area contributed by atoms with Crippen molar-refractivity contribution < 1.29 is 14.3 Å². The molecule has 2 unspecified atom stereocenters. The monoisotopic (exact) mass is 444 g/mol. The second-order valence-corrected chi connectivity index (χ2v) is 11.4. The van der Waals surface area contributed by atoms with E-state index in [2.05, 4.69) is 29.8 Å². The number of carbonyl (C=O) groups is 1. The van der Waals surface area contributed by atoms with Crippen LogP contribution < -0.4 is 0 Å². The van der Waals surface area contributed by atoms with E-state index in [1.54, 1.807) is 0 Å². The summed E-state index contributed by atoms with van der Waals surface area (Å²) in [7, 11) is 0. The summed E-state index contributed by atoms with van der Waals surface area (Å²) in [5.41, 5.74) is 1.07. The quantitative estimate of drug-likeness (QED) is 0.456. The molecule has 0 saturated heterocycles. The molecule has 4 heteroatoms. The summed E-state index contributed by atoms with van der Waals surface area (Å²) < 4.78 is 13.6. The molecule has 4 aliphatic carbocycles. The van der Waals surface area contributed by atoms with Crippen LogP contribution in [0.15, 0.2) is 0 Å². The molecular formula is C23H38BrFO2. The van der Waals surface area contributed by atoms with Crippen LogP contribution in [0.3, 0.4) is 0 Å². The van der Waals surface area contributed by atoms with Crippen molar-refractivity contribution >= 4 is 21.9 Å². The molecule has 1 N–H and O–H groups in total. The fourth-order valence-corrected chi connectivity index (χ4v) is 8.46. The van der Waals surface area contributed by atoms with Gasteiger partial charge in [-0.05, 0) is 98.2 Å². The highest BCUT2D eigenvalue weighted by Crippen LogP contribution is 2.67. The number of fused-ring (bicyclic) bond motifs is 5. The van der Waals surface area contributed by atoms with Crippen LogP contribution in [0.4, 0.5) is 4.39 Å². The molecule has 0 aliphatic heterocycles. The zero-order valence-electron chi connectivity index (χ0n) is 17.4. The highest BCUT2D eigenvalue weighted by atomic mass is 79.9. The molecule has 0 aromatic carbocycles. The highest BCUT2D eigenvalue weighted by Gasteiger charge is 2.59. The van der Waals surface area contributed by atoms with Crippen molar-refractivity contribution in [1.82, 2.24) is 0 Å². The van der Waals surface area contributed by atoms with E-state index in [-0.39, 0.29) is 0 Å². The van der Waals surface area contributed by atoms with Crippen LogP contribution >= 0.6 is 15.9 Å². The number of carboxylic acid groups (broad SMARTS) is 1. The Hall–Kier alpha value is -0.120. The summed E-state index contributed by atoms with van der Waals surface area (Å²) in [6.07, 6.45) is 15.1. The van der Waals surface area contributed by atoms with Crippen molar-refractivity contribution in [1.29, 1.82) is 0 Å². The Labute approximate surface area is 173 Å². The molecule has 8 atom stereocenters. The van der Waals surface area contributed by atoms with Gasteiger partial charge in [-0.25, -0.2) is 4.39 Å². The molecule has 27 heavy (non-hydrogen) atoms. The Morgan fingerprint density at radius 1 is 1.04 bits per heavy atom. The summed E-state index contributed by atoms with van der Waals surface area (Å²) in [5, 5.41) is 6.62. The van der Waals surface area contributed by atoms with Gasteiger partial charge in [0.15, 0.2) is 5.08 Å². The molecule has 0 bridgehead atoms. The Kier molecular flexibility index (Phi) is 6.65. The summed E-state index contributed by atoms with van der Waals surface area (Å²) in [6, 6.07) is 0. The predicted octanol–water partition coefficient (Wildman–Crippen LogP) is 7.21. The van der Waals surface area contributed by atoms with Crippen molar-refractivity contribution in [3.05, 3.63) is 0 Å². The minimum Gasteiger partial charge on any atom is -0.481 e. The molecule has 0 heterocycles. The first-order valence-corrected chi connectivity index (χ1v) is 12.1. The maximum Gasteiger partial charge on any atom is 0.300 e. The molecule has 4 rings (SSSR count). The second-order valence-electron chi connectivity index (χ2n) is 10.4. The van der Waals surface area contributed by atoms with E-state index in [9.17, 15) is 4.39 Å². The van der Waals surface area contributed by atoms with E-state index in [1.165, 1.54) is 64.2 Å². The molecule has 4 saturated carbocycles. The van der Waals surface area contributed by atoms with E-state index in [0.29, 0.717) is 16.7 Å². The highest BCUT2D eigenvalue weighted by molar-refractivity contribution is 9.09. The zero-order valence-corrected chi connectivity index (χ0v) is 18.9. The maximum absolute atomic E-state index is 13.6. The normalized spacial score (nSPS) is 46.9. The van der Waals surface area contributed by atoms with Crippen molar-refractivity contribution in [3.8, 4) is 0 Å². The van der Waals surface area contributed by atoms with Gasteiger partial charge in [-0.1, -0.05) is 42.6 Å². The van der Waals surface area contributed by atoms with Gasteiger partial charge in [-0.15, -0.1) is 0 Å². The molecule has 0 aromatic rings. The minimum absolute atomic E-state index is 0.428. The Bertz CT molecular complexity index is 534. The number of halogens is 2. The van der Waals surface area contributed by atoms with Gasteiger partial charge in [-0.2, -0.15) is 0 Å². The Morgan fingerprint density at radius 2 is 1.70 bits per heavy atom. The molecular weight excluding hydrogens is 407 g/mol. The van der Waals surface area contributed by atoms with E-state index < -0.39 is 11.1 Å². The number of carboxylic acids is 1. The largest absolute Gasteiger partial charge is 0.481 e. The van der Waals surface area contributed by atoms with Crippen molar-refractivity contribution in [3.63, 3.8) is 0 Å². The van der Waals surface area contributed by atoms with Gasteiger partial charge in [0.25, 0.3) is 5.97 Å². The molecule has 0 radical (unpaired) electrons. The molecule has 0 amide bonds. The van der Waals surface area contributed by atoms with Crippen LogP contribution in [0.25, 0.3) is 0 Å². The zero-order chi connectivity index (χ0) is 19.8. The fraction of sp³-hybridized carbons (Fsp3) is 0.957. The standard InChI is InChI=1S/C21H34BrF.C2H4O2/c1-20-11-4-3-5-14(20)6-8-16-17-9-7-15(13-19(22)23)21(17,2)12-10-18(16)20;1-2(3)4/h14-19H,3-13H2,1-2H3;1H3,(H,3,4)/t14?,15-,16+,17+,18+,19?,20+,21-;/m1./s1. The van der Waals surface area contributed by atoms with Gasteiger partial charge >= 0.3 is 0 Å². The van der Waals surface area contributed by atoms with Gasteiger partial charge in [0.1, 0.15) is 0 Å². The summed E-state index contributed by atoms with van der Waals surface area (Å²) in [4.78, 5) is 9.00. The van der Waals surface area contributed by atoms with Gasteiger partial charge in [-0.3, -0.25) is 4.79 Å². The Morgan fingerprint density at radius 3 is 2.37 bits per heavy atom. The summed E-state index contributed by atoms with van der Waals surface area (Å²) in [6.45, 7) is 6.26. The van der Waals surface area contributed by atoms with E-state index >= 15 is 0 Å². The summed E-state index contributed by atoms with van der Waals surface area (Å²) in [5.74, 6) is 3.60. The van der Waals surface area contributed by atoms with Gasteiger partial charge in [0, 0.05) is 6.92 Å². The van der Waals surface area contributed by atoms with Crippen LogP contribution in [0.5, 0.6) is 0 Å². The molecule has 0 aromatic heterocycles. The first-order chi connectivity index (χ1) is 12.7. The minimum atomic E-state index is -0.833. The number of hydrogen-bond acceptors (Lipinski definition) is 1. The van der Waals surface area contributed by atoms with Crippen molar-refractivity contribution in [2.45, 2.75) is 96.5 Å². The van der Waals surface area contributed by atoms with Crippen LogP contribution in [-0.4, -0.2) is 16.2 Å². The first-order valence-electron chi connectivity index (χ1n) is 11.2. The van der Waals surface area contributed by atoms with E-state index in [1.807, 2.05) is 0 Å². The number of hydrogen-bond donors (Lipinski definition) is 1. The second kappa shape index (κ2) is 8.32. The number of aliphatic carboxylic acids is 1. The van der Waals surface area contributed by atoms with Crippen LogP contribution in [0.2, 0.25) is 0 Å². The van der Waals surface area contributed by atoms with E-state index in [0.717, 1.165) is 37.0 Å². The lowest BCUT2D eigenvalue weighted by atomic mass is 9.45. The average Bonchev–Trinajstić information content (AvgIpc) is 2.90. The molecule has 4 aliphatic rings. The molecule has 0 spiro atoms. The predicted molar refractivity (Wildman–Crippen MR) is 112 cm³/mol. The van der Waals surface area contributed by atoms with Crippen molar-refractivity contribution in [2.75, 3.05) is 0 Å². The van der Waals surface area contributed by atoms with Gasteiger partial charge in [0.2, 0.25) is 0 Å². The third-order valence-corrected chi connectivity index (χ3v) is 9.62. The Balaban J connectivity index is 0.000000481. The van der Waals surface area contributed by atoms with E-state index in [4.69, 9.17) is 9.90 Å². The summed E-state index contributed by atoms with van der Waals surface area (Å²) >= 11 is 3.18. The third-order valence-electron chi connectivity index (χ3n) is 9.24. The topological polar surface area (TPSA) is 37.3 Å². The lowest BCUT2D eigenvalue weighted by molar-refractivity contribution is -0.134. The lowest BCUT2D eigenvalue weighted by Gasteiger charge is -2.60. The average molecular weight is 445 g/mol. The van der Waals surface area contributed by atoms with Crippen LogP contribution in [-0.2, 0) is 4.79 Å². The van der Waals surface area contributed by atoms with Gasteiger partial charge in [0.05, 0.1) is 0 Å². The SMILES string of the molecule is CC(=O)O.C[C@]12CC[C@H]3[C@@H](CCC4CCCC[C@@]43C)[C@@H]1CC[C@@H]2CC(F)Br. The maximum atomic E-state index is 13.6. The molecule has 2 nitrogen and oxygen atoms in total. The number of alkyl halides is 2. The molecule has 4 fully saturated rings. The van der Waals surface area contributed by atoms with Crippen LogP contribution in [0, 0.1) is 40.4 Å². The van der Waals surface area contributed by atoms with Crippen LogP contribution in [0.1, 0.15) is 91.4 Å². The molecule has 156 valence electrons. The number of rotatable bonds is 2. The smallest absolute Gasteiger partial charge is 0.300 e.